The molecule has 1 unspecified atom stereocenters. The molecule has 1 N–H and O–H groups in total. The van der Waals surface area contributed by atoms with Gasteiger partial charge in [0.05, 0.1) is 0 Å². The fourth-order valence-corrected chi connectivity index (χ4v) is 2.13. The third-order valence-corrected chi connectivity index (χ3v) is 2.86. The first-order chi connectivity index (χ1) is 6.72. The minimum absolute atomic E-state index is 0.850. The van der Waals surface area contributed by atoms with Crippen LogP contribution in [0.2, 0.25) is 0 Å². The Hall–Kier alpha value is -0.340. The lowest BCUT2D eigenvalue weighted by molar-refractivity contribution is 0.230. The second kappa shape index (κ2) is 6.20. The van der Waals surface area contributed by atoms with Crippen LogP contribution in [-0.4, -0.2) is 37.6 Å². The molecule has 0 radical (unpaired) electrons. The Morgan fingerprint density at radius 3 is 2.86 bits per heavy atom. The summed E-state index contributed by atoms with van der Waals surface area (Å²) in [7, 11) is 0. The average molecular weight is 196 g/mol. The van der Waals surface area contributed by atoms with Gasteiger partial charge in [-0.15, -0.1) is 0 Å². The predicted octanol–water partition coefficient (Wildman–Crippen LogP) is 1.88. The zero-order valence-corrected chi connectivity index (χ0v) is 9.68. The monoisotopic (exact) mass is 196 g/mol. The molecule has 82 valence electrons. The number of hydrogen-bond acceptors (Lipinski definition) is 2. The Bertz CT molecular complexity index is 171. The molecule has 1 fully saturated rings. The molecule has 14 heavy (non-hydrogen) atoms. The highest BCUT2D eigenvalue weighted by molar-refractivity contribution is 4.92. The molecule has 1 heterocycles. The van der Waals surface area contributed by atoms with E-state index in [1.165, 1.54) is 38.0 Å². The summed E-state index contributed by atoms with van der Waals surface area (Å²) in [6.07, 6.45) is 2.73. The van der Waals surface area contributed by atoms with Crippen molar-refractivity contribution in [3.8, 4) is 0 Å². The van der Waals surface area contributed by atoms with E-state index in [0.717, 1.165) is 19.0 Å². The molecular weight excluding hydrogens is 172 g/mol. The van der Waals surface area contributed by atoms with Gasteiger partial charge in [-0.3, -0.25) is 4.90 Å². The van der Waals surface area contributed by atoms with Crippen molar-refractivity contribution >= 4 is 0 Å². The third-order valence-electron chi connectivity index (χ3n) is 2.86. The topological polar surface area (TPSA) is 15.3 Å². The Morgan fingerprint density at radius 2 is 2.36 bits per heavy atom. The van der Waals surface area contributed by atoms with E-state index in [-0.39, 0.29) is 0 Å². The van der Waals surface area contributed by atoms with E-state index < -0.39 is 0 Å². The van der Waals surface area contributed by atoms with E-state index >= 15 is 0 Å². The van der Waals surface area contributed by atoms with Gasteiger partial charge in [0.25, 0.3) is 0 Å². The number of nitrogens with zero attached hydrogens (tertiary/aromatic N) is 1. The van der Waals surface area contributed by atoms with Gasteiger partial charge in [0.1, 0.15) is 0 Å². The summed E-state index contributed by atoms with van der Waals surface area (Å²) in [5, 5.41) is 3.47. The number of piperidine rings is 1. The Labute approximate surface area is 88.4 Å². The van der Waals surface area contributed by atoms with Gasteiger partial charge in [-0.1, -0.05) is 19.1 Å². The fraction of sp³-hybridized carbons (Fsp3) is 0.833. The molecule has 0 aromatic carbocycles. The molecule has 0 amide bonds. The van der Waals surface area contributed by atoms with Gasteiger partial charge in [0, 0.05) is 13.1 Å². The summed E-state index contributed by atoms with van der Waals surface area (Å²) in [6.45, 7) is 14.2. The van der Waals surface area contributed by atoms with Crippen molar-refractivity contribution in [2.75, 3.05) is 32.7 Å². The van der Waals surface area contributed by atoms with Crippen LogP contribution in [0.1, 0.15) is 26.7 Å². The quantitative estimate of drug-likeness (QED) is 0.675. The lowest BCUT2D eigenvalue weighted by Crippen LogP contribution is -2.38. The van der Waals surface area contributed by atoms with Gasteiger partial charge < -0.3 is 5.32 Å². The van der Waals surface area contributed by atoms with E-state index in [2.05, 4.69) is 30.6 Å². The normalized spacial score (nSPS) is 22.6. The first kappa shape index (κ1) is 11.7. The smallest absolute Gasteiger partial charge is 0.0187 e. The van der Waals surface area contributed by atoms with Crippen molar-refractivity contribution < 1.29 is 0 Å². The third kappa shape index (κ3) is 4.25. The fourth-order valence-electron chi connectivity index (χ4n) is 2.13. The Balaban J connectivity index is 2.27. The second-order valence-electron chi connectivity index (χ2n) is 4.50. The lowest BCUT2D eigenvalue weighted by atomic mass is 9.99. The lowest BCUT2D eigenvalue weighted by Gasteiger charge is -2.29. The van der Waals surface area contributed by atoms with Crippen molar-refractivity contribution in [2.45, 2.75) is 26.7 Å². The average Bonchev–Trinajstić information content (AvgIpc) is 2.17. The van der Waals surface area contributed by atoms with Crippen LogP contribution in [0.4, 0.5) is 0 Å². The van der Waals surface area contributed by atoms with Crippen molar-refractivity contribution in [1.82, 2.24) is 10.2 Å². The van der Waals surface area contributed by atoms with Crippen molar-refractivity contribution in [3.05, 3.63) is 12.2 Å². The highest BCUT2D eigenvalue weighted by Crippen LogP contribution is 2.12. The molecule has 1 aliphatic heterocycles. The van der Waals surface area contributed by atoms with E-state index in [0.29, 0.717) is 0 Å². The Kier molecular flexibility index (Phi) is 5.20. The van der Waals surface area contributed by atoms with E-state index in [1.54, 1.807) is 0 Å². The number of likely N-dealkylation sites (N-methyl/N-ethyl adjacent to an activating group) is 1. The molecule has 0 aromatic heterocycles. The van der Waals surface area contributed by atoms with Crippen LogP contribution in [0, 0.1) is 5.92 Å². The van der Waals surface area contributed by atoms with Crippen molar-refractivity contribution in [3.63, 3.8) is 0 Å². The molecule has 0 aromatic rings. The summed E-state index contributed by atoms with van der Waals surface area (Å²) < 4.78 is 0. The van der Waals surface area contributed by atoms with Gasteiger partial charge in [-0.2, -0.15) is 0 Å². The van der Waals surface area contributed by atoms with Crippen LogP contribution in [0.3, 0.4) is 0 Å². The summed E-state index contributed by atoms with van der Waals surface area (Å²) in [5.41, 5.74) is 1.27. The summed E-state index contributed by atoms with van der Waals surface area (Å²) in [6, 6.07) is 0. The van der Waals surface area contributed by atoms with Crippen LogP contribution in [-0.2, 0) is 0 Å². The van der Waals surface area contributed by atoms with Crippen molar-refractivity contribution in [2.24, 2.45) is 5.92 Å². The number of hydrogen-bond donors (Lipinski definition) is 1. The molecule has 2 heteroatoms. The largest absolute Gasteiger partial charge is 0.316 e. The van der Waals surface area contributed by atoms with Crippen molar-refractivity contribution in [1.29, 1.82) is 0 Å². The van der Waals surface area contributed by atoms with Crippen LogP contribution in [0.5, 0.6) is 0 Å². The summed E-state index contributed by atoms with van der Waals surface area (Å²) in [4.78, 5) is 2.50. The number of nitrogens with one attached hydrogen (secondary N) is 1. The maximum absolute atomic E-state index is 3.98. The zero-order valence-electron chi connectivity index (χ0n) is 9.68. The van der Waals surface area contributed by atoms with Crippen LogP contribution >= 0.6 is 0 Å². The van der Waals surface area contributed by atoms with Gasteiger partial charge >= 0.3 is 0 Å². The van der Waals surface area contributed by atoms with Gasteiger partial charge in [0.2, 0.25) is 0 Å². The maximum Gasteiger partial charge on any atom is 0.0187 e. The standard InChI is InChI=1S/C12H24N2/c1-4-14(9-11(2)3)10-12-6-5-7-13-8-12/h12-13H,2,4-10H2,1,3H3. The van der Waals surface area contributed by atoms with E-state index in [1.807, 2.05) is 0 Å². The first-order valence-corrected chi connectivity index (χ1v) is 5.79. The summed E-state index contributed by atoms with van der Waals surface area (Å²) in [5.74, 6) is 0.850. The number of rotatable bonds is 5. The molecule has 1 atom stereocenters. The maximum atomic E-state index is 3.98. The van der Waals surface area contributed by atoms with Gasteiger partial charge in [0.15, 0.2) is 0 Å². The highest BCUT2D eigenvalue weighted by atomic mass is 15.1. The van der Waals surface area contributed by atoms with Crippen LogP contribution < -0.4 is 5.32 Å². The molecule has 0 spiro atoms. The summed E-state index contributed by atoms with van der Waals surface area (Å²) >= 11 is 0. The van der Waals surface area contributed by atoms with E-state index in [9.17, 15) is 0 Å². The van der Waals surface area contributed by atoms with Crippen LogP contribution in [0.25, 0.3) is 0 Å². The highest BCUT2D eigenvalue weighted by Gasteiger charge is 2.15. The van der Waals surface area contributed by atoms with Gasteiger partial charge in [-0.05, 0) is 45.3 Å². The molecular formula is C12H24N2. The predicted molar refractivity (Wildman–Crippen MR) is 62.5 cm³/mol. The Morgan fingerprint density at radius 1 is 1.57 bits per heavy atom. The molecule has 2 nitrogen and oxygen atoms in total. The zero-order chi connectivity index (χ0) is 10.4. The molecule has 1 aliphatic rings. The molecule has 1 rings (SSSR count). The first-order valence-electron chi connectivity index (χ1n) is 5.79. The molecule has 0 aliphatic carbocycles. The SMILES string of the molecule is C=C(C)CN(CC)CC1CCCNC1. The minimum atomic E-state index is 0.850. The van der Waals surface area contributed by atoms with E-state index in [4.69, 9.17) is 0 Å². The second-order valence-corrected chi connectivity index (χ2v) is 4.50. The molecule has 0 saturated carbocycles. The van der Waals surface area contributed by atoms with Crippen LogP contribution in [0.15, 0.2) is 12.2 Å². The molecule has 0 bridgehead atoms. The molecule has 1 saturated heterocycles. The van der Waals surface area contributed by atoms with Gasteiger partial charge in [-0.25, -0.2) is 0 Å². The minimum Gasteiger partial charge on any atom is -0.316 e.